The van der Waals surface area contributed by atoms with Gasteiger partial charge in [0.1, 0.15) is 5.75 Å². The minimum atomic E-state index is -0.665. The Hall–Kier alpha value is -3.35. The zero-order valence-corrected chi connectivity index (χ0v) is 16.1. The standard InChI is InChI=1S/C22H22O7/c1-2-18(23)15-4-7-17(8-5-15)28-14-22(25)29-13-19(24)16-6-9-20-21(12-16)27-11-3-10-26-20/h4-9,12H,2-3,10-11,13-14H2,1H3. The minimum absolute atomic E-state index is 0.0317. The number of rotatable bonds is 8. The smallest absolute Gasteiger partial charge is 0.344 e. The summed E-state index contributed by atoms with van der Waals surface area (Å²) in [5, 5.41) is 0. The van der Waals surface area contributed by atoms with Gasteiger partial charge in [0.05, 0.1) is 13.2 Å². The van der Waals surface area contributed by atoms with Crippen LogP contribution in [0.1, 0.15) is 40.5 Å². The molecule has 1 aliphatic rings. The van der Waals surface area contributed by atoms with E-state index in [1.807, 2.05) is 0 Å². The molecule has 0 amide bonds. The lowest BCUT2D eigenvalue weighted by Gasteiger charge is -2.10. The van der Waals surface area contributed by atoms with E-state index in [1.165, 1.54) is 0 Å². The van der Waals surface area contributed by atoms with E-state index >= 15 is 0 Å². The summed E-state index contributed by atoms with van der Waals surface area (Å²) >= 11 is 0. The van der Waals surface area contributed by atoms with Crippen molar-refractivity contribution in [1.29, 1.82) is 0 Å². The molecule has 3 rings (SSSR count). The minimum Gasteiger partial charge on any atom is -0.490 e. The number of esters is 1. The fourth-order valence-corrected chi connectivity index (χ4v) is 2.69. The maximum Gasteiger partial charge on any atom is 0.344 e. The molecule has 0 unspecified atom stereocenters. The van der Waals surface area contributed by atoms with Crippen LogP contribution in [0.15, 0.2) is 42.5 Å². The lowest BCUT2D eigenvalue weighted by molar-refractivity contribution is -0.144. The quantitative estimate of drug-likeness (QED) is 0.498. The highest BCUT2D eigenvalue weighted by atomic mass is 16.6. The van der Waals surface area contributed by atoms with Crippen LogP contribution < -0.4 is 14.2 Å². The van der Waals surface area contributed by atoms with Gasteiger partial charge >= 0.3 is 5.97 Å². The molecule has 7 heteroatoms. The Morgan fingerprint density at radius 2 is 1.55 bits per heavy atom. The first-order chi connectivity index (χ1) is 14.1. The average molecular weight is 398 g/mol. The van der Waals surface area contributed by atoms with Gasteiger partial charge in [0.25, 0.3) is 0 Å². The van der Waals surface area contributed by atoms with Crippen LogP contribution in [0.3, 0.4) is 0 Å². The second-order valence-electron chi connectivity index (χ2n) is 6.39. The maximum absolute atomic E-state index is 12.3. The van der Waals surface area contributed by atoms with Crippen molar-refractivity contribution in [2.75, 3.05) is 26.4 Å². The highest BCUT2D eigenvalue weighted by molar-refractivity contribution is 5.98. The summed E-state index contributed by atoms with van der Waals surface area (Å²) in [6, 6.07) is 11.4. The summed E-state index contributed by atoms with van der Waals surface area (Å²) in [6.45, 7) is 2.14. The maximum atomic E-state index is 12.3. The number of hydrogen-bond donors (Lipinski definition) is 0. The Morgan fingerprint density at radius 3 is 2.28 bits per heavy atom. The van der Waals surface area contributed by atoms with Crippen molar-refractivity contribution in [2.24, 2.45) is 0 Å². The van der Waals surface area contributed by atoms with Gasteiger partial charge < -0.3 is 18.9 Å². The first kappa shape index (κ1) is 20.4. The van der Waals surface area contributed by atoms with Crippen molar-refractivity contribution in [3.63, 3.8) is 0 Å². The molecule has 0 aromatic heterocycles. The SMILES string of the molecule is CCC(=O)c1ccc(OCC(=O)OCC(=O)c2ccc3c(c2)OCCCO3)cc1. The van der Waals surface area contributed by atoms with Crippen molar-refractivity contribution in [1.82, 2.24) is 0 Å². The van der Waals surface area contributed by atoms with E-state index in [0.717, 1.165) is 6.42 Å². The van der Waals surface area contributed by atoms with Crippen LogP contribution in [-0.4, -0.2) is 44.0 Å². The third kappa shape index (κ3) is 5.57. The Bertz CT molecular complexity index is 887. The molecular formula is C22H22O7. The van der Waals surface area contributed by atoms with Gasteiger partial charge in [-0.2, -0.15) is 0 Å². The lowest BCUT2D eigenvalue weighted by Crippen LogP contribution is -2.19. The molecule has 1 heterocycles. The predicted octanol–water partition coefficient (Wildman–Crippen LogP) is 3.25. The first-order valence-electron chi connectivity index (χ1n) is 9.41. The highest BCUT2D eigenvalue weighted by Gasteiger charge is 2.16. The largest absolute Gasteiger partial charge is 0.490 e. The zero-order chi connectivity index (χ0) is 20.6. The number of carbonyl (C=O) groups is 3. The predicted molar refractivity (Wildman–Crippen MR) is 104 cm³/mol. The Labute approximate surface area is 168 Å². The van der Waals surface area contributed by atoms with Crippen LogP contribution in [0.2, 0.25) is 0 Å². The van der Waals surface area contributed by atoms with Crippen LogP contribution in [0, 0.1) is 0 Å². The van der Waals surface area contributed by atoms with Gasteiger partial charge in [0.2, 0.25) is 0 Å². The molecule has 2 aromatic carbocycles. The Balaban J connectivity index is 1.47. The number of ketones is 2. The third-order valence-corrected chi connectivity index (χ3v) is 4.29. The van der Waals surface area contributed by atoms with Crippen molar-refractivity contribution >= 4 is 17.5 Å². The molecule has 29 heavy (non-hydrogen) atoms. The lowest BCUT2D eigenvalue weighted by atomic mass is 10.1. The summed E-state index contributed by atoms with van der Waals surface area (Å²) in [5.41, 5.74) is 0.960. The molecule has 0 aliphatic carbocycles. The summed E-state index contributed by atoms with van der Waals surface area (Å²) in [5.74, 6) is 0.551. The first-order valence-corrected chi connectivity index (χ1v) is 9.41. The van der Waals surface area contributed by atoms with Gasteiger partial charge in [-0.3, -0.25) is 9.59 Å². The average Bonchev–Trinajstić information content (AvgIpc) is 3.00. The van der Waals surface area contributed by atoms with Crippen LogP contribution in [0.25, 0.3) is 0 Å². The molecule has 0 bridgehead atoms. The molecule has 0 radical (unpaired) electrons. The normalized spacial score (nSPS) is 12.6. The number of carbonyl (C=O) groups excluding carboxylic acids is 3. The van der Waals surface area contributed by atoms with E-state index in [-0.39, 0.29) is 18.2 Å². The van der Waals surface area contributed by atoms with Gasteiger partial charge in [-0.05, 0) is 42.5 Å². The number of ether oxygens (including phenoxy) is 4. The van der Waals surface area contributed by atoms with Gasteiger partial charge in [0.15, 0.2) is 36.3 Å². The van der Waals surface area contributed by atoms with E-state index in [2.05, 4.69) is 0 Å². The second-order valence-corrected chi connectivity index (χ2v) is 6.39. The van der Waals surface area contributed by atoms with Gasteiger partial charge in [-0.15, -0.1) is 0 Å². The molecular weight excluding hydrogens is 376 g/mol. The zero-order valence-electron chi connectivity index (χ0n) is 16.1. The van der Waals surface area contributed by atoms with Crippen LogP contribution in [0.4, 0.5) is 0 Å². The van der Waals surface area contributed by atoms with E-state index < -0.39 is 12.6 Å². The van der Waals surface area contributed by atoms with Crippen LogP contribution >= 0.6 is 0 Å². The summed E-state index contributed by atoms with van der Waals surface area (Å²) in [7, 11) is 0. The molecule has 0 N–H and O–H groups in total. The van der Waals surface area contributed by atoms with Gasteiger partial charge in [0, 0.05) is 24.0 Å². The topological polar surface area (TPSA) is 88.1 Å². The van der Waals surface area contributed by atoms with Crippen LogP contribution in [0.5, 0.6) is 17.2 Å². The van der Waals surface area contributed by atoms with Gasteiger partial charge in [-0.25, -0.2) is 4.79 Å². The van der Waals surface area contributed by atoms with E-state index in [1.54, 1.807) is 49.4 Å². The van der Waals surface area contributed by atoms with E-state index in [9.17, 15) is 14.4 Å². The van der Waals surface area contributed by atoms with Crippen molar-refractivity contribution in [3.05, 3.63) is 53.6 Å². The fourth-order valence-electron chi connectivity index (χ4n) is 2.69. The van der Waals surface area contributed by atoms with Crippen LogP contribution in [-0.2, 0) is 9.53 Å². The summed E-state index contributed by atoms with van der Waals surface area (Å²) < 4.78 is 21.4. The highest BCUT2D eigenvalue weighted by Crippen LogP contribution is 2.30. The second kappa shape index (κ2) is 9.73. The molecule has 0 saturated heterocycles. The molecule has 0 atom stereocenters. The number of fused-ring (bicyclic) bond motifs is 1. The number of benzene rings is 2. The number of hydrogen-bond acceptors (Lipinski definition) is 7. The van der Waals surface area contributed by atoms with Crippen molar-refractivity contribution < 1.29 is 33.3 Å². The Kier molecular flexibility index (Phi) is 6.84. The van der Waals surface area contributed by atoms with E-state index in [0.29, 0.717) is 48.0 Å². The third-order valence-electron chi connectivity index (χ3n) is 4.29. The molecule has 0 fully saturated rings. The van der Waals surface area contributed by atoms with E-state index in [4.69, 9.17) is 18.9 Å². The van der Waals surface area contributed by atoms with Gasteiger partial charge in [-0.1, -0.05) is 6.92 Å². The molecule has 0 spiro atoms. The molecule has 7 nitrogen and oxygen atoms in total. The molecule has 0 saturated carbocycles. The molecule has 152 valence electrons. The Morgan fingerprint density at radius 1 is 0.862 bits per heavy atom. The molecule has 2 aromatic rings. The molecule has 1 aliphatic heterocycles. The van der Waals surface area contributed by atoms with Crippen molar-refractivity contribution in [2.45, 2.75) is 19.8 Å². The number of Topliss-reactive ketones (excluding diaryl/α,β-unsaturated/α-hetero) is 2. The van der Waals surface area contributed by atoms with Crippen molar-refractivity contribution in [3.8, 4) is 17.2 Å². The summed E-state index contributed by atoms with van der Waals surface area (Å²) in [4.78, 5) is 35.7. The fraction of sp³-hybridized carbons (Fsp3) is 0.318. The monoisotopic (exact) mass is 398 g/mol. The summed E-state index contributed by atoms with van der Waals surface area (Å²) in [6.07, 6.45) is 1.19.